The monoisotopic (exact) mass is 346 g/mol. The molecule has 3 rings (SSSR count). The molecule has 3 aromatic rings. The molecule has 0 fully saturated rings. The molecule has 10 nitrogen and oxygen atoms in total. The zero-order valence-corrected chi connectivity index (χ0v) is 14.6. The van der Waals surface area contributed by atoms with E-state index in [0.29, 0.717) is 5.95 Å². The lowest BCUT2D eigenvalue weighted by Gasteiger charge is -2.07. The van der Waals surface area contributed by atoms with Crippen molar-refractivity contribution < 1.29 is 9.53 Å². The second-order valence-electron chi connectivity index (χ2n) is 5.79. The number of imidazole rings is 1. The fraction of sp³-hybridized carbons (Fsp3) is 0.400. The van der Waals surface area contributed by atoms with Crippen molar-refractivity contribution in [2.75, 3.05) is 7.11 Å². The van der Waals surface area contributed by atoms with Gasteiger partial charge in [-0.15, -0.1) is 0 Å². The first-order valence-corrected chi connectivity index (χ1v) is 7.53. The lowest BCUT2D eigenvalue weighted by molar-refractivity contribution is -0.141. The van der Waals surface area contributed by atoms with Crippen LogP contribution in [0.4, 0.5) is 0 Å². The summed E-state index contributed by atoms with van der Waals surface area (Å²) in [6.45, 7) is 3.26. The molecule has 0 N–H and O–H groups in total. The van der Waals surface area contributed by atoms with E-state index in [9.17, 15) is 14.4 Å². The molecule has 0 amide bonds. The van der Waals surface area contributed by atoms with Gasteiger partial charge in [0.25, 0.3) is 5.56 Å². The molecule has 0 aliphatic carbocycles. The van der Waals surface area contributed by atoms with E-state index < -0.39 is 23.8 Å². The van der Waals surface area contributed by atoms with Crippen molar-refractivity contribution in [2.24, 2.45) is 14.1 Å². The summed E-state index contributed by atoms with van der Waals surface area (Å²) in [5.74, 6) is -0.275. The molecular weight excluding hydrogens is 328 g/mol. The highest BCUT2D eigenvalue weighted by molar-refractivity contribution is 5.74. The van der Waals surface area contributed by atoms with Gasteiger partial charge in [-0.25, -0.2) is 14.0 Å². The van der Waals surface area contributed by atoms with Crippen LogP contribution in [0, 0.1) is 13.8 Å². The van der Waals surface area contributed by atoms with Crippen LogP contribution in [0.3, 0.4) is 0 Å². The molecule has 0 saturated carbocycles. The topological polar surface area (TPSA) is 106 Å². The molecule has 132 valence electrons. The second-order valence-corrected chi connectivity index (χ2v) is 5.79. The summed E-state index contributed by atoms with van der Waals surface area (Å²) in [6, 6.07) is 1.88. The Labute approximate surface area is 141 Å². The number of fused-ring (bicyclic) bond motifs is 1. The molecule has 0 unspecified atom stereocenters. The Kier molecular flexibility index (Phi) is 3.82. The van der Waals surface area contributed by atoms with Crippen LogP contribution in [0.15, 0.2) is 15.7 Å². The van der Waals surface area contributed by atoms with Crippen LogP contribution in [0.5, 0.6) is 0 Å². The Morgan fingerprint density at radius 1 is 1.20 bits per heavy atom. The van der Waals surface area contributed by atoms with Gasteiger partial charge in [-0.3, -0.25) is 14.2 Å². The fourth-order valence-electron chi connectivity index (χ4n) is 2.79. The van der Waals surface area contributed by atoms with Gasteiger partial charge < -0.3 is 9.30 Å². The maximum atomic E-state index is 12.8. The van der Waals surface area contributed by atoms with Gasteiger partial charge in [-0.2, -0.15) is 10.1 Å². The SMILES string of the molecule is COC(=O)Cn1c(=O)c2c(nc(-n3nc(C)cc3C)n2C)n(C)c1=O. The molecule has 3 heterocycles. The minimum atomic E-state index is -0.681. The Bertz CT molecular complexity index is 1110. The van der Waals surface area contributed by atoms with E-state index in [-0.39, 0.29) is 11.2 Å². The van der Waals surface area contributed by atoms with Crippen molar-refractivity contribution in [3.8, 4) is 5.95 Å². The summed E-state index contributed by atoms with van der Waals surface area (Å²) in [4.78, 5) is 41.1. The van der Waals surface area contributed by atoms with Gasteiger partial charge in [0.2, 0.25) is 5.95 Å². The van der Waals surface area contributed by atoms with E-state index in [1.54, 1.807) is 16.3 Å². The number of esters is 1. The van der Waals surface area contributed by atoms with Gasteiger partial charge >= 0.3 is 11.7 Å². The minimum Gasteiger partial charge on any atom is -0.468 e. The third-order valence-corrected chi connectivity index (χ3v) is 4.05. The molecule has 3 aromatic heterocycles. The van der Waals surface area contributed by atoms with Gasteiger partial charge in [-0.05, 0) is 19.9 Å². The number of ether oxygens (including phenoxy) is 1. The lowest BCUT2D eigenvalue weighted by atomic mass is 10.4. The zero-order valence-electron chi connectivity index (χ0n) is 14.6. The number of aromatic nitrogens is 6. The van der Waals surface area contributed by atoms with Crippen LogP contribution in [-0.4, -0.2) is 41.5 Å². The first-order valence-electron chi connectivity index (χ1n) is 7.53. The number of nitrogens with zero attached hydrogens (tertiary/aromatic N) is 6. The largest absolute Gasteiger partial charge is 0.468 e. The van der Waals surface area contributed by atoms with Gasteiger partial charge in [0, 0.05) is 19.8 Å². The summed E-state index contributed by atoms with van der Waals surface area (Å²) in [7, 11) is 4.35. The maximum Gasteiger partial charge on any atom is 0.333 e. The third-order valence-electron chi connectivity index (χ3n) is 4.05. The van der Waals surface area contributed by atoms with Crippen molar-refractivity contribution in [3.05, 3.63) is 38.3 Å². The fourth-order valence-corrected chi connectivity index (χ4v) is 2.79. The van der Waals surface area contributed by atoms with E-state index in [0.717, 1.165) is 16.0 Å². The van der Waals surface area contributed by atoms with Crippen molar-refractivity contribution in [3.63, 3.8) is 0 Å². The van der Waals surface area contributed by atoms with Crippen LogP contribution in [0.25, 0.3) is 17.1 Å². The second kappa shape index (κ2) is 5.72. The predicted molar refractivity (Wildman–Crippen MR) is 88.8 cm³/mol. The highest BCUT2D eigenvalue weighted by Gasteiger charge is 2.21. The van der Waals surface area contributed by atoms with Gasteiger partial charge in [0.15, 0.2) is 11.2 Å². The van der Waals surface area contributed by atoms with Crippen LogP contribution in [0.2, 0.25) is 0 Å². The molecular formula is C15H18N6O4. The molecule has 0 aliphatic rings. The number of carbonyl (C=O) groups is 1. The Hall–Kier alpha value is -3.17. The molecule has 0 spiro atoms. The molecule has 0 aromatic carbocycles. The van der Waals surface area contributed by atoms with Gasteiger partial charge in [0.05, 0.1) is 12.8 Å². The average Bonchev–Trinajstić information content (AvgIpc) is 3.08. The van der Waals surface area contributed by atoms with E-state index >= 15 is 0 Å². The molecule has 0 aliphatic heterocycles. The van der Waals surface area contributed by atoms with Gasteiger partial charge in [-0.1, -0.05) is 0 Å². The Morgan fingerprint density at radius 3 is 2.44 bits per heavy atom. The predicted octanol–water partition coefficient (Wildman–Crippen LogP) is -0.591. The van der Waals surface area contributed by atoms with E-state index in [2.05, 4.69) is 14.8 Å². The molecule has 0 radical (unpaired) electrons. The molecule has 0 saturated heterocycles. The van der Waals surface area contributed by atoms with Gasteiger partial charge in [0.1, 0.15) is 6.54 Å². The molecule has 10 heteroatoms. The van der Waals surface area contributed by atoms with E-state index in [1.807, 2.05) is 19.9 Å². The summed E-state index contributed by atoms with van der Waals surface area (Å²) in [5.41, 5.74) is 0.833. The average molecular weight is 346 g/mol. The van der Waals surface area contributed by atoms with Crippen molar-refractivity contribution in [2.45, 2.75) is 20.4 Å². The third kappa shape index (κ3) is 2.46. The summed E-state index contributed by atoms with van der Waals surface area (Å²) >= 11 is 0. The van der Waals surface area contributed by atoms with Crippen molar-refractivity contribution >= 4 is 17.1 Å². The van der Waals surface area contributed by atoms with Crippen LogP contribution < -0.4 is 11.2 Å². The summed E-state index contributed by atoms with van der Waals surface area (Å²) in [5, 5.41) is 4.37. The number of hydrogen-bond acceptors (Lipinski definition) is 6. The van der Waals surface area contributed by atoms with Crippen LogP contribution >= 0.6 is 0 Å². The zero-order chi connectivity index (χ0) is 18.5. The van der Waals surface area contributed by atoms with Crippen LogP contribution in [-0.2, 0) is 30.2 Å². The van der Waals surface area contributed by atoms with Crippen molar-refractivity contribution in [1.82, 2.24) is 28.5 Å². The molecule has 0 bridgehead atoms. The Morgan fingerprint density at radius 2 is 1.88 bits per heavy atom. The van der Waals surface area contributed by atoms with E-state index in [4.69, 9.17) is 0 Å². The number of carbonyl (C=O) groups excluding carboxylic acids is 1. The van der Waals surface area contributed by atoms with Crippen LogP contribution in [0.1, 0.15) is 11.4 Å². The normalized spacial score (nSPS) is 11.2. The maximum absolute atomic E-state index is 12.8. The highest BCUT2D eigenvalue weighted by Crippen LogP contribution is 2.15. The number of methoxy groups -OCH3 is 1. The van der Waals surface area contributed by atoms with Crippen molar-refractivity contribution in [1.29, 1.82) is 0 Å². The summed E-state index contributed by atoms with van der Waals surface area (Å²) in [6.07, 6.45) is 0. The first kappa shape index (κ1) is 16.7. The highest BCUT2D eigenvalue weighted by atomic mass is 16.5. The molecule has 25 heavy (non-hydrogen) atoms. The Balaban J connectivity index is 2.36. The van der Waals surface area contributed by atoms with E-state index in [1.165, 1.54) is 18.7 Å². The number of rotatable bonds is 3. The smallest absolute Gasteiger partial charge is 0.333 e. The quantitative estimate of drug-likeness (QED) is 0.587. The number of hydrogen-bond donors (Lipinski definition) is 0. The number of aryl methyl sites for hydroxylation is 4. The lowest BCUT2D eigenvalue weighted by Crippen LogP contribution is -2.41. The first-order chi connectivity index (χ1) is 11.8. The standard InChI is InChI=1S/C15H18N6O4/c1-8-6-9(2)21(17-8)14-16-12-11(18(14)3)13(23)20(7-10(22)25-5)15(24)19(12)4/h6H,7H2,1-5H3. The molecule has 0 atom stereocenters. The summed E-state index contributed by atoms with van der Waals surface area (Å²) < 4.78 is 9.78. The minimum absolute atomic E-state index is 0.202.